The molecule has 21 heavy (non-hydrogen) atoms. The molecule has 0 aliphatic heterocycles. The molecule has 0 atom stereocenters. The third kappa shape index (κ3) is 3.81. The van der Waals surface area contributed by atoms with Crippen molar-refractivity contribution in [2.75, 3.05) is 0 Å². The zero-order valence-corrected chi connectivity index (χ0v) is 13.9. The molecule has 0 amide bonds. The highest BCUT2D eigenvalue weighted by Crippen LogP contribution is 2.20. The summed E-state index contributed by atoms with van der Waals surface area (Å²) in [7, 11) is -4.03. The van der Waals surface area contributed by atoms with E-state index in [-0.39, 0.29) is 20.9 Å². The lowest BCUT2D eigenvalue weighted by atomic mass is 10.1. The SMILES string of the molecule is CC1=CC(=O)C(Br)=C/C1=N\OS(=O)(=O)c1ccc(Cl)cc1. The molecule has 1 aliphatic rings. The van der Waals surface area contributed by atoms with E-state index in [1.54, 1.807) is 6.92 Å². The molecule has 0 saturated heterocycles. The number of allylic oxidation sites excluding steroid dienone is 4. The first-order valence-corrected chi connectivity index (χ1v) is 8.25. The van der Waals surface area contributed by atoms with E-state index in [1.165, 1.54) is 36.4 Å². The smallest absolute Gasteiger partial charge is 0.289 e. The Morgan fingerprint density at radius 2 is 1.81 bits per heavy atom. The van der Waals surface area contributed by atoms with Gasteiger partial charge in [0.1, 0.15) is 10.6 Å². The number of nitrogens with zero attached hydrogens (tertiary/aromatic N) is 1. The second-order valence-corrected chi connectivity index (χ2v) is 6.96. The molecule has 0 heterocycles. The molecule has 1 aromatic carbocycles. The number of halogens is 2. The predicted octanol–water partition coefficient (Wildman–Crippen LogP) is 3.21. The Hall–Kier alpha value is -1.44. The highest BCUT2D eigenvalue weighted by Gasteiger charge is 2.18. The number of benzene rings is 1. The summed E-state index contributed by atoms with van der Waals surface area (Å²) in [6, 6.07) is 5.51. The predicted molar refractivity (Wildman–Crippen MR) is 82.9 cm³/mol. The average molecular weight is 391 g/mol. The third-order valence-electron chi connectivity index (χ3n) is 2.59. The molecule has 0 saturated carbocycles. The molecule has 0 radical (unpaired) electrons. The second kappa shape index (κ2) is 6.13. The summed E-state index contributed by atoms with van der Waals surface area (Å²) in [5, 5.41) is 4.00. The van der Waals surface area contributed by atoms with Gasteiger partial charge in [0.2, 0.25) is 0 Å². The van der Waals surface area contributed by atoms with E-state index >= 15 is 0 Å². The minimum atomic E-state index is -4.03. The molecule has 0 bridgehead atoms. The molecule has 2 rings (SSSR count). The van der Waals surface area contributed by atoms with Crippen molar-refractivity contribution in [3.05, 3.63) is 51.5 Å². The Morgan fingerprint density at radius 1 is 1.19 bits per heavy atom. The van der Waals surface area contributed by atoms with Crippen LogP contribution in [-0.2, 0) is 19.2 Å². The van der Waals surface area contributed by atoms with Crippen molar-refractivity contribution in [1.29, 1.82) is 0 Å². The van der Waals surface area contributed by atoms with Crippen LogP contribution in [0.4, 0.5) is 0 Å². The second-order valence-electron chi connectivity index (χ2n) is 4.14. The van der Waals surface area contributed by atoms with Crippen LogP contribution in [0.5, 0.6) is 0 Å². The van der Waals surface area contributed by atoms with Crippen LogP contribution in [0.2, 0.25) is 5.02 Å². The molecule has 110 valence electrons. The fraction of sp³-hybridized carbons (Fsp3) is 0.0769. The van der Waals surface area contributed by atoms with Gasteiger partial charge in [-0.25, -0.2) is 0 Å². The largest absolute Gasteiger partial charge is 0.358 e. The van der Waals surface area contributed by atoms with Crippen LogP contribution in [-0.4, -0.2) is 19.9 Å². The quantitative estimate of drug-likeness (QED) is 0.587. The van der Waals surface area contributed by atoms with Gasteiger partial charge in [0.05, 0.1) is 4.48 Å². The van der Waals surface area contributed by atoms with Gasteiger partial charge in [-0.3, -0.25) is 9.08 Å². The van der Waals surface area contributed by atoms with Crippen LogP contribution in [0.1, 0.15) is 6.92 Å². The van der Waals surface area contributed by atoms with Gasteiger partial charge in [-0.15, -0.1) is 0 Å². The number of hydrogen-bond donors (Lipinski definition) is 0. The molecule has 5 nitrogen and oxygen atoms in total. The van der Waals surface area contributed by atoms with Crippen molar-refractivity contribution in [3.8, 4) is 0 Å². The van der Waals surface area contributed by atoms with Crippen LogP contribution < -0.4 is 0 Å². The highest BCUT2D eigenvalue weighted by molar-refractivity contribution is 9.12. The minimum absolute atomic E-state index is 0.0622. The van der Waals surface area contributed by atoms with Gasteiger partial charge in [0.15, 0.2) is 5.78 Å². The maximum absolute atomic E-state index is 11.9. The first kappa shape index (κ1) is 15.9. The molecule has 0 aromatic heterocycles. The normalized spacial score (nSPS) is 17.5. The van der Waals surface area contributed by atoms with Crippen molar-refractivity contribution in [2.45, 2.75) is 11.8 Å². The topological polar surface area (TPSA) is 72.8 Å². The fourth-order valence-corrected chi connectivity index (χ4v) is 2.67. The molecule has 0 fully saturated rings. The summed E-state index contributed by atoms with van der Waals surface area (Å²) < 4.78 is 28.8. The van der Waals surface area contributed by atoms with E-state index in [9.17, 15) is 13.2 Å². The number of ketones is 1. The van der Waals surface area contributed by atoms with E-state index in [0.717, 1.165) is 0 Å². The Kier molecular flexibility index (Phi) is 4.65. The summed E-state index contributed by atoms with van der Waals surface area (Å²) in [6.07, 6.45) is 2.73. The summed E-state index contributed by atoms with van der Waals surface area (Å²) in [5.74, 6) is -0.216. The van der Waals surface area contributed by atoms with Crippen molar-refractivity contribution in [3.63, 3.8) is 0 Å². The highest BCUT2D eigenvalue weighted by atomic mass is 79.9. The van der Waals surface area contributed by atoms with E-state index in [1.807, 2.05) is 0 Å². The monoisotopic (exact) mass is 389 g/mol. The summed E-state index contributed by atoms with van der Waals surface area (Å²) in [6.45, 7) is 1.63. The van der Waals surface area contributed by atoms with Crippen molar-refractivity contribution in [1.82, 2.24) is 0 Å². The standard InChI is InChI=1S/C13H9BrClNO4S/c1-8-6-13(17)11(14)7-12(8)16-20-21(18,19)10-4-2-9(15)3-5-10/h2-7H,1H3/b16-12+. The van der Waals surface area contributed by atoms with Gasteiger partial charge >= 0.3 is 10.1 Å². The molecule has 8 heteroatoms. The summed E-state index contributed by atoms with van der Waals surface area (Å²) >= 11 is 8.76. The Balaban J connectivity index is 2.26. The van der Waals surface area contributed by atoms with Gasteiger partial charge < -0.3 is 0 Å². The first-order valence-electron chi connectivity index (χ1n) is 5.67. The average Bonchev–Trinajstić information content (AvgIpc) is 2.42. The van der Waals surface area contributed by atoms with Crippen LogP contribution in [0.15, 0.2) is 56.5 Å². The Morgan fingerprint density at radius 3 is 2.43 bits per heavy atom. The first-order chi connectivity index (χ1) is 9.79. The lowest BCUT2D eigenvalue weighted by Crippen LogP contribution is -2.11. The van der Waals surface area contributed by atoms with Gasteiger partial charge in [-0.1, -0.05) is 16.8 Å². The lowest BCUT2D eigenvalue weighted by Gasteiger charge is -2.08. The molecule has 0 spiro atoms. The maximum atomic E-state index is 11.9. The van der Waals surface area contributed by atoms with Gasteiger partial charge in [0.25, 0.3) is 0 Å². The van der Waals surface area contributed by atoms with Crippen molar-refractivity contribution < 1.29 is 17.5 Å². The molecule has 0 N–H and O–H groups in total. The van der Waals surface area contributed by atoms with E-state index in [2.05, 4.69) is 25.4 Å². The van der Waals surface area contributed by atoms with Crippen LogP contribution in [0.25, 0.3) is 0 Å². The van der Waals surface area contributed by atoms with E-state index < -0.39 is 10.1 Å². The fourth-order valence-electron chi connectivity index (χ4n) is 1.48. The Bertz CT molecular complexity index is 779. The molecular formula is C13H9BrClNO4S. The van der Waals surface area contributed by atoms with Crippen LogP contribution in [0.3, 0.4) is 0 Å². The van der Waals surface area contributed by atoms with Crippen LogP contribution >= 0.6 is 27.5 Å². The number of rotatable bonds is 3. The van der Waals surface area contributed by atoms with Crippen molar-refractivity contribution in [2.24, 2.45) is 5.16 Å². The number of carbonyl (C=O) groups is 1. The number of carbonyl (C=O) groups excluding carboxylic acids is 1. The molecule has 0 unspecified atom stereocenters. The third-order valence-corrected chi connectivity index (χ3v) is 4.58. The van der Waals surface area contributed by atoms with E-state index in [0.29, 0.717) is 10.6 Å². The lowest BCUT2D eigenvalue weighted by molar-refractivity contribution is -0.110. The van der Waals surface area contributed by atoms with Gasteiger partial charge in [-0.2, -0.15) is 8.42 Å². The number of oxime groups is 1. The molecular weight excluding hydrogens is 382 g/mol. The zero-order chi connectivity index (χ0) is 15.6. The summed E-state index contributed by atoms with van der Waals surface area (Å²) in [5.41, 5.74) is 0.758. The molecule has 1 aromatic rings. The maximum Gasteiger partial charge on any atom is 0.358 e. The zero-order valence-electron chi connectivity index (χ0n) is 10.7. The van der Waals surface area contributed by atoms with Gasteiger partial charge in [0, 0.05) is 5.02 Å². The summed E-state index contributed by atoms with van der Waals surface area (Å²) in [4.78, 5) is 11.3. The van der Waals surface area contributed by atoms with E-state index in [4.69, 9.17) is 11.6 Å². The number of hydrogen-bond acceptors (Lipinski definition) is 5. The van der Waals surface area contributed by atoms with Crippen LogP contribution in [0, 0.1) is 0 Å². The van der Waals surface area contributed by atoms with Gasteiger partial charge in [-0.05, 0) is 64.8 Å². The minimum Gasteiger partial charge on any atom is -0.289 e. The van der Waals surface area contributed by atoms with Crippen molar-refractivity contribution >= 4 is 49.1 Å². The molecule has 1 aliphatic carbocycles. The Labute approximate surface area is 135 Å².